The number of hydrogen-bond donors (Lipinski definition) is 2. The van der Waals surface area contributed by atoms with Gasteiger partial charge in [0.15, 0.2) is 0 Å². The normalized spacial score (nSPS) is 12.8. The van der Waals surface area contributed by atoms with Gasteiger partial charge in [-0.1, -0.05) is 57.3 Å². The van der Waals surface area contributed by atoms with Crippen molar-refractivity contribution in [2.24, 2.45) is 0 Å². The zero-order valence-corrected chi connectivity index (χ0v) is 13.2. The Balaban J connectivity index is 2.09. The fraction of sp³-hybridized carbons (Fsp3) is 0.0714. The summed E-state index contributed by atoms with van der Waals surface area (Å²) in [7, 11) is 0. The average molecular weight is 372 g/mol. The number of benzene rings is 2. The van der Waals surface area contributed by atoms with E-state index in [-0.39, 0.29) is 10.5 Å². The molecule has 0 bridgehead atoms. The molecule has 0 saturated carbocycles. The molecule has 0 fully saturated rings. The van der Waals surface area contributed by atoms with E-state index in [4.69, 9.17) is 23.2 Å². The minimum atomic E-state index is -0.218. The van der Waals surface area contributed by atoms with E-state index in [0.717, 1.165) is 22.2 Å². The molecular formula is C14H9BrCl2N2O. The van der Waals surface area contributed by atoms with Gasteiger partial charge in [0, 0.05) is 0 Å². The summed E-state index contributed by atoms with van der Waals surface area (Å²) in [5.74, 6) is 0. The van der Waals surface area contributed by atoms with Crippen LogP contribution in [0, 0.1) is 0 Å². The maximum absolute atomic E-state index is 11.3. The van der Waals surface area contributed by atoms with Crippen LogP contribution in [-0.2, 0) is 0 Å². The van der Waals surface area contributed by atoms with Crippen LogP contribution in [0.25, 0.3) is 11.0 Å². The quantitative estimate of drug-likeness (QED) is 0.633. The lowest BCUT2D eigenvalue weighted by Crippen LogP contribution is -1.99. The SMILES string of the molecule is O=c1[nH]c2ccc(C(Br)c3cccc(Cl)c3Cl)cc2[nH]1. The van der Waals surface area contributed by atoms with Crippen LogP contribution >= 0.6 is 39.1 Å². The van der Waals surface area contributed by atoms with Crippen molar-refractivity contribution in [2.45, 2.75) is 4.83 Å². The maximum atomic E-state index is 11.3. The van der Waals surface area contributed by atoms with Crippen molar-refractivity contribution in [3.63, 3.8) is 0 Å². The van der Waals surface area contributed by atoms with E-state index in [1.807, 2.05) is 30.3 Å². The van der Waals surface area contributed by atoms with Crippen LogP contribution in [0.1, 0.15) is 16.0 Å². The lowest BCUT2D eigenvalue weighted by Gasteiger charge is -2.13. The zero-order chi connectivity index (χ0) is 14.3. The third-order valence-corrected chi connectivity index (χ3v) is 4.94. The number of H-pyrrole nitrogens is 2. The third-order valence-electron chi connectivity index (χ3n) is 3.09. The summed E-state index contributed by atoms with van der Waals surface area (Å²) >= 11 is 15.9. The molecule has 1 heterocycles. The predicted molar refractivity (Wildman–Crippen MR) is 86.2 cm³/mol. The number of nitrogens with one attached hydrogen (secondary N) is 2. The molecule has 3 nitrogen and oxygen atoms in total. The molecule has 0 aliphatic heterocycles. The van der Waals surface area contributed by atoms with Crippen LogP contribution in [0.5, 0.6) is 0 Å². The van der Waals surface area contributed by atoms with Crippen molar-refractivity contribution in [3.05, 3.63) is 68.1 Å². The van der Waals surface area contributed by atoms with Crippen LogP contribution in [0.4, 0.5) is 0 Å². The molecule has 2 aromatic carbocycles. The molecule has 0 radical (unpaired) electrons. The Bertz CT molecular complexity index is 841. The Morgan fingerprint density at radius 2 is 1.80 bits per heavy atom. The van der Waals surface area contributed by atoms with Crippen molar-refractivity contribution in [1.82, 2.24) is 9.97 Å². The van der Waals surface area contributed by atoms with Crippen LogP contribution in [-0.4, -0.2) is 9.97 Å². The first-order valence-electron chi connectivity index (χ1n) is 5.86. The highest BCUT2D eigenvalue weighted by atomic mass is 79.9. The number of imidazole rings is 1. The minimum absolute atomic E-state index is 0.100. The lowest BCUT2D eigenvalue weighted by atomic mass is 10.0. The number of aromatic nitrogens is 2. The highest BCUT2D eigenvalue weighted by molar-refractivity contribution is 9.09. The molecule has 6 heteroatoms. The Hall–Kier alpha value is -1.23. The van der Waals surface area contributed by atoms with Gasteiger partial charge in [0.05, 0.1) is 25.9 Å². The van der Waals surface area contributed by atoms with Crippen molar-refractivity contribution < 1.29 is 0 Å². The van der Waals surface area contributed by atoms with Crippen molar-refractivity contribution in [2.75, 3.05) is 0 Å². The highest BCUT2D eigenvalue weighted by Gasteiger charge is 2.16. The van der Waals surface area contributed by atoms with E-state index in [1.54, 1.807) is 6.07 Å². The van der Waals surface area contributed by atoms with E-state index >= 15 is 0 Å². The Kier molecular flexibility index (Phi) is 3.63. The second kappa shape index (κ2) is 5.28. The van der Waals surface area contributed by atoms with Crippen molar-refractivity contribution in [3.8, 4) is 0 Å². The van der Waals surface area contributed by atoms with Gasteiger partial charge in [-0.15, -0.1) is 0 Å². The predicted octanol–water partition coefficient (Wildman–Crippen LogP) is 4.65. The van der Waals surface area contributed by atoms with Gasteiger partial charge in [0.25, 0.3) is 0 Å². The molecule has 2 N–H and O–H groups in total. The van der Waals surface area contributed by atoms with E-state index < -0.39 is 0 Å². The first-order valence-corrected chi connectivity index (χ1v) is 7.53. The van der Waals surface area contributed by atoms with Gasteiger partial charge < -0.3 is 9.97 Å². The van der Waals surface area contributed by atoms with Gasteiger partial charge in [-0.25, -0.2) is 4.79 Å². The first-order chi connectivity index (χ1) is 9.56. The largest absolute Gasteiger partial charge is 0.323 e. The Morgan fingerprint density at radius 1 is 1.05 bits per heavy atom. The first kappa shape index (κ1) is 13.7. The number of halogens is 3. The second-order valence-corrected chi connectivity index (χ2v) is 6.09. The molecule has 0 amide bonds. The van der Waals surface area contributed by atoms with Gasteiger partial charge in [0.1, 0.15) is 0 Å². The molecule has 20 heavy (non-hydrogen) atoms. The van der Waals surface area contributed by atoms with Crippen LogP contribution in [0.15, 0.2) is 41.2 Å². The monoisotopic (exact) mass is 370 g/mol. The molecule has 1 aromatic heterocycles. The van der Waals surface area contributed by atoms with E-state index in [0.29, 0.717) is 10.0 Å². The summed E-state index contributed by atoms with van der Waals surface area (Å²) in [4.78, 5) is 16.6. The molecule has 0 spiro atoms. The minimum Gasteiger partial charge on any atom is -0.306 e. The summed E-state index contributed by atoms with van der Waals surface area (Å²) in [6.45, 7) is 0. The molecule has 3 aromatic rings. The number of rotatable bonds is 2. The van der Waals surface area contributed by atoms with Gasteiger partial charge in [-0.2, -0.15) is 0 Å². The molecule has 1 atom stereocenters. The maximum Gasteiger partial charge on any atom is 0.323 e. The van der Waals surface area contributed by atoms with E-state index in [2.05, 4.69) is 25.9 Å². The molecule has 3 rings (SSSR count). The fourth-order valence-electron chi connectivity index (χ4n) is 2.10. The van der Waals surface area contributed by atoms with E-state index in [1.165, 1.54) is 0 Å². The number of aromatic amines is 2. The van der Waals surface area contributed by atoms with Crippen molar-refractivity contribution >= 4 is 50.2 Å². The standard InChI is InChI=1S/C14H9BrCl2N2O/c15-12(8-2-1-3-9(16)13(8)17)7-4-5-10-11(6-7)19-14(20)18-10/h1-6,12H,(H2,18,19,20). The Morgan fingerprint density at radius 3 is 2.60 bits per heavy atom. The lowest BCUT2D eigenvalue weighted by molar-refractivity contribution is 1.18. The van der Waals surface area contributed by atoms with Crippen LogP contribution in [0.2, 0.25) is 10.0 Å². The smallest absolute Gasteiger partial charge is 0.306 e. The number of alkyl halides is 1. The number of fused-ring (bicyclic) bond motifs is 1. The molecule has 1 unspecified atom stereocenters. The molecule has 102 valence electrons. The summed E-state index contributed by atoms with van der Waals surface area (Å²) in [6, 6.07) is 11.2. The topological polar surface area (TPSA) is 48.6 Å². The molecule has 0 aliphatic rings. The zero-order valence-electron chi connectivity index (χ0n) is 10.1. The third kappa shape index (κ3) is 2.39. The highest BCUT2D eigenvalue weighted by Crippen LogP contribution is 2.38. The fourth-order valence-corrected chi connectivity index (χ4v) is 3.32. The van der Waals surface area contributed by atoms with E-state index in [9.17, 15) is 4.79 Å². The summed E-state index contributed by atoms with van der Waals surface area (Å²) in [5, 5.41) is 1.04. The number of hydrogen-bond acceptors (Lipinski definition) is 1. The summed E-state index contributed by atoms with van der Waals surface area (Å²) in [5.41, 5.74) is 3.18. The van der Waals surface area contributed by atoms with Gasteiger partial charge >= 0.3 is 5.69 Å². The van der Waals surface area contributed by atoms with Crippen molar-refractivity contribution in [1.29, 1.82) is 0 Å². The van der Waals surface area contributed by atoms with Crippen LogP contribution < -0.4 is 5.69 Å². The average Bonchev–Trinajstić information content (AvgIpc) is 2.80. The van der Waals surface area contributed by atoms with Crippen LogP contribution in [0.3, 0.4) is 0 Å². The van der Waals surface area contributed by atoms with Gasteiger partial charge in [0.2, 0.25) is 0 Å². The second-order valence-electron chi connectivity index (χ2n) is 4.39. The summed E-state index contributed by atoms with van der Waals surface area (Å²) in [6.07, 6.45) is 0. The molecule has 0 aliphatic carbocycles. The van der Waals surface area contributed by atoms with Gasteiger partial charge in [-0.3, -0.25) is 0 Å². The molecule has 0 saturated heterocycles. The summed E-state index contributed by atoms with van der Waals surface area (Å²) < 4.78 is 0. The molecular weight excluding hydrogens is 363 g/mol. The Labute approximate surface area is 133 Å². The van der Waals surface area contributed by atoms with Gasteiger partial charge in [-0.05, 0) is 29.3 Å².